The molecular weight excluding hydrogens is 226 g/mol. The van der Waals surface area contributed by atoms with Crippen molar-refractivity contribution < 1.29 is 9.90 Å². The summed E-state index contributed by atoms with van der Waals surface area (Å²) in [6, 6.07) is 16.4. The maximum absolute atomic E-state index is 12.1. The molecule has 0 saturated carbocycles. The lowest BCUT2D eigenvalue weighted by molar-refractivity contribution is 0.0695. The minimum atomic E-state index is -1.04. The van der Waals surface area contributed by atoms with Crippen molar-refractivity contribution >= 4 is 11.5 Å². The molecule has 0 radical (unpaired) electrons. The number of hydrogen-bond donors (Lipinski definition) is 2. The van der Waals surface area contributed by atoms with Gasteiger partial charge >= 0.3 is 0 Å². The number of carbonyl (C=O) groups excluding carboxylic acids is 1. The molecule has 1 heterocycles. The summed E-state index contributed by atoms with van der Waals surface area (Å²) in [5, 5.41) is 13.3. The number of para-hydroxylation sites is 1. The zero-order chi connectivity index (χ0) is 12.5. The van der Waals surface area contributed by atoms with Crippen LogP contribution in [0.1, 0.15) is 22.0 Å². The Morgan fingerprint density at radius 3 is 2.39 bits per heavy atom. The van der Waals surface area contributed by atoms with Crippen molar-refractivity contribution in [1.29, 1.82) is 0 Å². The van der Waals surface area contributed by atoms with Crippen molar-refractivity contribution in [3.8, 4) is 0 Å². The minimum Gasteiger partial charge on any atom is -0.382 e. The van der Waals surface area contributed by atoms with E-state index < -0.39 is 6.10 Å². The van der Waals surface area contributed by atoms with E-state index in [4.69, 9.17) is 0 Å². The number of hydrogen-bond acceptors (Lipinski definition) is 3. The fraction of sp³-hybridized carbons (Fsp3) is 0.133. The Morgan fingerprint density at radius 2 is 1.61 bits per heavy atom. The van der Waals surface area contributed by atoms with Crippen molar-refractivity contribution in [3.63, 3.8) is 0 Å². The van der Waals surface area contributed by atoms with Crippen molar-refractivity contribution in [1.82, 2.24) is 0 Å². The Balaban J connectivity index is 2.04. The Kier molecular flexibility index (Phi) is 2.61. The predicted octanol–water partition coefficient (Wildman–Crippen LogP) is 2.40. The van der Waals surface area contributed by atoms with Gasteiger partial charge in [0.1, 0.15) is 6.10 Å². The second-order valence-electron chi connectivity index (χ2n) is 4.39. The molecule has 0 spiro atoms. The molecule has 0 saturated heterocycles. The summed E-state index contributed by atoms with van der Waals surface area (Å²) in [6.45, 7) is 0. The Labute approximate surface area is 105 Å². The van der Waals surface area contributed by atoms with Gasteiger partial charge in [-0.15, -0.1) is 0 Å². The molecule has 90 valence electrons. The fourth-order valence-corrected chi connectivity index (χ4v) is 2.31. The third kappa shape index (κ3) is 1.69. The molecule has 3 rings (SSSR count). The predicted molar refractivity (Wildman–Crippen MR) is 69.6 cm³/mol. The first-order valence-electron chi connectivity index (χ1n) is 5.90. The molecule has 2 atom stereocenters. The van der Waals surface area contributed by atoms with Gasteiger partial charge in [-0.2, -0.15) is 0 Å². The summed E-state index contributed by atoms with van der Waals surface area (Å²) in [5.41, 5.74) is 2.24. The number of ketones is 1. The molecule has 0 aliphatic carbocycles. The third-order valence-corrected chi connectivity index (χ3v) is 3.25. The van der Waals surface area contributed by atoms with Crippen molar-refractivity contribution in [3.05, 3.63) is 65.7 Å². The average Bonchev–Trinajstić information content (AvgIpc) is 2.44. The highest BCUT2D eigenvalue weighted by Crippen LogP contribution is 2.32. The van der Waals surface area contributed by atoms with E-state index in [1.807, 2.05) is 42.5 Å². The van der Waals surface area contributed by atoms with Crippen molar-refractivity contribution in [2.45, 2.75) is 12.1 Å². The molecule has 3 heteroatoms. The molecule has 18 heavy (non-hydrogen) atoms. The maximum atomic E-state index is 12.1. The van der Waals surface area contributed by atoms with Crippen LogP contribution in [-0.2, 0) is 0 Å². The highest BCUT2D eigenvalue weighted by Gasteiger charge is 2.34. The monoisotopic (exact) mass is 239 g/mol. The Bertz CT molecular complexity index is 580. The molecular formula is C15H13NO2. The van der Waals surface area contributed by atoms with Gasteiger partial charge in [-0.25, -0.2) is 0 Å². The zero-order valence-corrected chi connectivity index (χ0v) is 9.71. The lowest BCUT2D eigenvalue weighted by atomic mass is 9.90. The lowest BCUT2D eigenvalue weighted by Crippen LogP contribution is -2.37. The summed E-state index contributed by atoms with van der Waals surface area (Å²) < 4.78 is 0. The number of rotatable bonds is 1. The van der Waals surface area contributed by atoms with E-state index in [2.05, 4.69) is 5.32 Å². The van der Waals surface area contributed by atoms with Gasteiger partial charge in [-0.3, -0.25) is 4.79 Å². The fourth-order valence-electron chi connectivity index (χ4n) is 2.31. The summed E-state index contributed by atoms with van der Waals surface area (Å²) >= 11 is 0. The maximum Gasteiger partial charge on any atom is 0.195 e. The third-order valence-electron chi connectivity index (χ3n) is 3.25. The number of carbonyl (C=O) groups is 1. The van der Waals surface area contributed by atoms with Crippen molar-refractivity contribution in [2.75, 3.05) is 5.32 Å². The van der Waals surface area contributed by atoms with E-state index in [9.17, 15) is 9.90 Å². The van der Waals surface area contributed by atoms with Gasteiger partial charge in [0.15, 0.2) is 5.78 Å². The van der Waals surface area contributed by atoms with Crippen LogP contribution < -0.4 is 5.32 Å². The van der Waals surface area contributed by atoms with Gasteiger partial charge in [0.05, 0.1) is 6.04 Å². The van der Waals surface area contributed by atoms with Crippen LogP contribution in [0, 0.1) is 0 Å². The molecule has 0 fully saturated rings. The molecule has 1 aliphatic rings. The molecule has 0 aromatic heterocycles. The summed E-state index contributed by atoms with van der Waals surface area (Å²) in [5.74, 6) is -0.224. The SMILES string of the molecule is O=C1c2ccccc2N[C@@H](c2ccccc2)[C@@H]1O. The average molecular weight is 239 g/mol. The molecule has 2 aromatic carbocycles. The van der Waals surface area contributed by atoms with Gasteiger partial charge in [-0.05, 0) is 17.7 Å². The molecule has 1 aliphatic heterocycles. The molecule has 0 amide bonds. The number of fused-ring (bicyclic) bond motifs is 1. The van der Waals surface area contributed by atoms with Crippen LogP contribution in [0.15, 0.2) is 54.6 Å². The molecule has 2 N–H and O–H groups in total. The summed E-state index contributed by atoms with van der Waals surface area (Å²) in [4.78, 5) is 12.1. The van der Waals surface area contributed by atoms with Crippen LogP contribution in [-0.4, -0.2) is 17.0 Å². The van der Waals surface area contributed by atoms with E-state index in [1.54, 1.807) is 12.1 Å². The van der Waals surface area contributed by atoms with Crippen LogP contribution in [0.3, 0.4) is 0 Å². The second-order valence-corrected chi connectivity index (χ2v) is 4.39. The lowest BCUT2D eigenvalue weighted by Gasteiger charge is -2.30. The van der Waals surface area contributed by atoms with Gasteiger partial charge in [0, 0.05) is 11.3 Å². The molecule has 0 unspecified atom stereocenters. The van der Waals surface area contributed by atoms with Crippen LogP contribution in [0.2, 0.25) is 0 Å². The number of benzene rings is 2. The number of aliphatic hydroxyl groups is 1. The second kappa shape index (κ2) is 4.27. The largest absolute Gasteiger partial charge is 0.382 e. The van der Waals surface area contributed by atoms with Crippen LogP contribution in [0.4, 0.5) is 5.69 Å². The minimum absolute atomic E-state index is 0.224. The molecule has 0 bridgehead atoms. The Morgan fingerprint density at radius 1 is 0.944 bits per heavy atom. The van der Waals surface area contributed by atoms with Crippen LogP contribution >= 0.6 is 0 Å². The van der Waals surface area contributed by atoms with Crippen LogP contribution in [0.5, 0.6) is 0 Å². The van der Waals surface area contributed by atoms with Gasteiger partial charge < -0.3 is 10.4 Å². The standard InChI is InChI=1S/C15H13NO2/c17-14-11-8-4-5-9-12(11)16-13(15(14)18)10-6-2-1-3-7-10/h1-9,13,15-16,18H/t13-,15-/m0/s1. The quantitative estimate of drug-likeness (QED) is 0.803. The molecule has 2 aromatic rings. The highest BCUT2D eigenvalue weighted by molar-refractivity contribution is 6.06. The first-order chi connectivity index (χ1) is 8.77. The topological polar surface area (TPSA) is 49.3 Å². The first-order valence-corrected chi connectivity index (χ1v) is 5.90. The smallest absolute Gasteiger partial charge is 0.195 e. The number of Topliss-reactive ketones (excluding diaryl/α,β-unsaturated/α-hetero) is 1. The van der Waals surface area contributed by atoms with Gasteiger partial charge in [0.25, 0.3) is 0 Å². The number of aliphatic hydroxyl groups excluding tert-OH is 1. The summed E-state index contributed by atoms with van der Waals surface area (Å²) in [6.07, 6.45) is -1.04. The summed E-state index contributed by atoms with van der Waals surface area (Å²) in [7, 11) is 0. The normalized spacial score (nSPS) is 22.2. The van der Waals surface area contributed by atoms with E-state index >= 15 is 0 Å². The zero-order valence-electron chi connectivity index (χ0n) is 9.71. The number of anilines is 1. The molecule has 3 nitrogen and oxygen atoms in total. The van der Waals surface area contributed by atoms with E-state index in [0.29, 0.717) is 5.56 Å². The first kappa shape index (κ1) is 11.0. The van der Waals surface area contributed by atoms with Gasteiger partial charge in [-0.1, -0.05) is 42.5 Å². The van der Waals surface area contributed by atoms with E-state index in [-0.39, 0.29) is 11.8 Å². The van der Waals surface area contributed by atoms with Gasteiger partial charge in [0.2, 0.25) is 0 Å². The van der Waals surface area contributed by atoms with Crippen LogP contribution in [0.25, 0.3) is 0 Å². The van der Waals surface area contributed by atoms with E-state index in [0.717, 1.165) is 11.3 Å². The van der Waals surface area contributed by atoms with Crippen molar-refractivity contribution in [2.24, 2.45) is 0 Å². The number of nitrogens with one attached hydrogen (secondary N) is 1. The highest BCUT2D eigenvalue weighted by atomic mass is 16.3. The Hall–Kier alpha value is -2.13. The van der Waals surface area contributed by atoms with E-state index in [1.165, 1.54) is 0 Å².